The van der Waals surface area contributed by atoms with Crippen molar-refractivity contribution in [1.82, 2.24) is 0 Å². The monoisotopic (exact) mass is 268 g/mol. The van der Waals surface area contributed by atoms with Gasteiger partial charge in [-0.25, -0.2) is 4.79 Å². The fraction of sp³-hybridized carbons (Fsp3) is 0.250. The Morgan fingerprint density at radius 1 is 1.33 bits per heavy atom. The normalized spacial score (nSPS) is 10.7. The largest absolute Gasteiger partial charge is 0.478 e. The third-order valence-electron chi connectivity index (χ3n) is 1.97. The van der Waals surface area contributed by atoms with E-state index in [0.717, 1.165) is 23.7 Å². The number of carbonyl (C=O) groups is 1. The average Bonchev–Trinajstić information content (AvgIpc) is 2.25. The summed E-state index contributed by atoms with van der Waals surface area (Å²) >= 11 is 3.36. The Hall–Kier alpha value is -1.09. The molecule has 1 rings (SSSR count). The van der Waals surface area contributed by atoms with Crippen LogP contribution in [0.2, 0.25) is 0 Å². The van der Waals surface area contributed by atoms with Crippen molar-refractivity contribution in [3.05, 3.63) is 41.5 Å². The Morgan fingerprint density at radius 3 is 2.53 bits per heavy atom. The van der Waals surface area contributed by atoms with Crippen molar-refractivity contribution >= 4 is 28.0 Å². The fourth-order valence-electron chi connectivity index (χ4n) is 1.15. The molecule has 0 atom stereocenters. The van der Waals surface area contributed by atoms with Crippen molar-refractivity contribution in [2.75, 3.05) is 5.33 Å². The van der Waals surface area contributed by atoms with Crippen LogP contribution in [0.3, 0.4) is 0 Å². The van der Waals surface area contributed by atoms with Gasteiger partial charge < -0.3 is 5.11 Å². The van der Waals surface area contributed by atoms with Gasteiger partial charge in [0.1, 0.15) is 0 Å². The van der Waals surface area contributed by atoms with Crippen molar-refractivity contribution in [3.8, 4) is 0 Å². The van der Waals surface area contributed by atoms with Gasteiger partial charge in [-0.15, -0.1) is 0 Å². The van der Waals surface area contributed by atoms with Gasteiger partial charge in [0.25, 0.3) is 0 Å². The Labute approximate surface area is 97.8 Å². The van der Waals surface area contributed by atoms with Crippen LogP contribution in [0.1, 0.15) is 28.8 Å². The zero-order chi connectivity index (χ0) is 11.1. The van der Waals surface area contributed by atoms with Gasteiger partial charge in [-0.1, -0.05) is 40.2 Å². The number of allylic oxidation sites excluding steroid dienone is 1. The Balaban J connectivity index is 2.56. The lowest BCUT2D eigenvalue weighted by atomic mass is 10.1. The summed E-state index contributed by atoms with van der Waals surface area (Å²) in [5.41, 5.74) is 1.36. The summed E-state index contributed by atoms with van der Waals surface area (Å²) in [6.45, 7) is 0. The predicted octanol–water partition coefficient (Wildman–Crippen LogP) is 3.57. The van der Waals surface area contributed by atoms with E-state index in [-0.39, 0.29) is 0 Å². The smallest absolute Gasteiger partial charge is 0.335 e. The van der Waals surface area contributed by atoms with Crippen LogP contribution >= 0.6 is 15.9 Å². The van der Waals surface area contributed by atoms with Crippen molar-refractivity contribution < 1.29 is 9.90 Å². The molecule has 1 aromatic rings. The summed E-state index contributed by atoms with van der Waals surface area (Å²) in [4.78, 5) is 10.6. The second kappa shape index (κ2) is 6.40. The number of aromatic carboxylic acids is 1. The van der Waals surface area contributed by atoms with E-state index in [1.54, 1.807) is 12.1 Å². The molecule has 0 spiro atoms. The van der Waals surface area contributed by atoms with Gasteiger partial charge in [0.2, 0.25) is 0 Å². The highest BCUT2D eigenvalue weighted by Gasteiger charge is 1.99. The fourth-order valence-corrected chi connectivity index (χ4v) is 1.47. The molecule has 0 aliphatic heterocycles. The van der Waals surface area contributed by atoms with Crippen LogP contribution in [0, 0.1) is 0 Å². The van der Waals surface area contributed by atoms with Crippen LogP contribution in [0.4, 0.5) is 0 Å². The molecule has 0 aliphatic carbocycles. The molecule has 3 heteroatoms. The zero-order valence-electron chi connectivity index (χ0n) is 8.32. The van der Waals surface area contributed by atoms with E-state index >= 15 is 0 Å². The molecule has 0 amide bonds. The number of rotatable bonds is 5. The third kappa shape index (κ3) is 4.30. The van der Waals surface area contributed by atoms with Crippen molar-refractivity contribution in [1.29, 1.82) is 0 Å². The molecule has 0 bridgehead atoms. The van der Waals surface area contributed by atoms with Crippen molar-refractivity contribution in [2.45, 2.75) is 12.8 Å². The molecular weight excluding hydrogens is 256 g/mol. The van der Waals surface area contributed by atoms with Crippen LogP contribution < -0.4 is 0 Å². The molecular formula is C12H13BrO2. The first-order chi connectivity index (χ1) is 7.24. The third-order valence-corrected chi connectivity index (χ3v) is 2.53. The molecule has 0 aliphatic rings. The highest BCUT2D eigenvalue weighted by Crippen LogP contribution is 2.07. The molecule has 1 N–H and O–H groups in total. The quantitative estimate of drug-likeness (QED) is 0.655. The lowest BCUT2D eigenvalue weighted by Crippen LogP contribution is -1.94. The van der Waals surface area contributed by atoms with Crippen LogP contribution in [-0.4, -0.2) is 16.4 Å². The van der Waals surface area contributed by atoms with Gasteiger partial charge in [0.05, 0.1) is 5.56 Å². The van der Waals surface area contributed by atoms with Crippen LogP contribution in [0.15, 0.2) is 30.3 Å². The maximum Gasteiger partial charge on any atom is 0.335 e. The highest BCUT2D eigenvalue weighted by atomic mass is 79.9. The SMILES string of the molecule is O=C(O)c1ccc(C=CCCCBr)cc1. The Kier molecular flexibility index (Phi) is 5.12. The molecule has 80 valence electrons. The van der Waals surface area contributed by atoms with Gasteiger partial charge >= 0.3 is 5.97 Å². The number of hydrogen-bond acceptors (Lipinski definition) is 1. The minimum absolute atomic E-state index is 0.326. The number of hydrogen-bond donors (Lipinski definition) is 1. The van der Waals surface area contributed by atoms with E-state index in [9.17, 15) is 4.79 Å². The first-order valence-electron chi connectivity index (χ1n) is 4.80. The van der Waals surface area contributed by atoms with Crippen LogP contribution in [-0.2, 0) is 0 Å². The number of halogens is 1. The maximum atomic E-state index is 10.6. The maximum absolute atomic E-state index is 10.6. The van der Waals surface area contributed by atoms with Crippen molar-refractivity contribution in [2.24, 2.45) is 0 Å². The first-order valence-corrected chi connectivity index (χ1v) is 5.92. The molecule has 15 heavy (non-hydrogen) atoms. The lowest BCUT2D eigenvalue weighted by molar-refractivity contribution is 0.0697. The van der Waals surface area contributed by atoms with Gasteiger partial charge in [0, 0.05) is 5.33 Å². The van der Waals surface area contributed by atoms with Crippen LogP contribution in [0.25, 0.3) is 6.08 Å². The molecule has 0 saturated carbocycles. The minimum Gasteiger partial charge on any atom is -0.478 e. The first kappa shape index (κ1) is 12.0. The average molecular weight is 269 g/mol. The van der Waals surface area contributed by atoms with Crippen LogP contribution in [0.5, 0.6) is 0 Å². The molecule has 0 aromatic heterocycles. The van der Waals surface area contributed by atoms with Crippen molar-refractivity contribution in [3.63, 3.8) is 0 Å². The summed E-state index contributed by atoms with van der Waals surface area (Å²) < 4.78 is 0. The number of carboxylic acids is 1. The number of benzene rings is 1. The molecule has 0 unspecified atom stereocenters. The van der Waals surface area contributed by atoms with E-state index in [4.69, 9.17) is 5.11 Å². The summed E-state index contributed by atoms with van der Waals surface area (Å²) in [7, 11) is 0. The van der Waals surface area contributed by atoms with E-state index in [1.807, 2.05) is 18.2 Å². The second-order valence-corrected chi connectivity index (χ2v) is 3.95. The summed E-state index contributed by atoms with van der Waals surface area (Å²) in [6.07, 6.45) is 6.25. The molecule has 1 aromatic carbocycles. The highest BCUT2D eigenvalue weighted by molar-refractivity contribution is 9.09. The summed E-state index contributed by atoms with van der Waals surface area (Å²) in [5, 5.41) is 9.71. The zero-order valence-corrected chi connectivity index (χ0v) is 9.90. The lowest BCUT2D eigenvalue weighted by Gasteiger charge is -1.95. The van der Waals surface area contributed by atoms with E-state index in [1.165, 1.54) is 0 Å². The molecule has 0 heterocycles. The van der Waals surface area contributed by atoms with E-state index in [0.29, 0.717) is 5.56 Å². The topological polar surface area (TPSA) is 37.3 Å². The van der Waals surface area contributed by atoms with E-state index < -0.39 is 5.97 Å². The number of carboxylic acid groups (broad SMARTS) is 1. The second-order valence-electron chi connectivity index (χ2n) is 3.16. The number of unbranched alkanes of at least 4 members (excludes halogenated alkanes) is 1. The molecule has 2 nitrogen and oxygen atoms in total. The number of alkyl halides is 1. The standard InChI is InChI=1S/C12H13BrO2/c13-9-3-1-2-4-10-5-7-11(8-6-10)12(14)15/h2,4-8H,1,3,9H2,(H,14,15). The minimum atomic E-state index is -0.884. The van der Waals surface area contributed by atoms with Gasteiger partial charge in [0.15, 0.2) is 0 Å². The predicted molar refractivity (Wildman–Crippen MR) is 65.5 cm³/mol. The molecule has 0 saturated heterocycles. The Morgan fingerprint density at radius 2 is 2.00 bits per heavy atom. The van der Waals surface area contributed by atoms with Gasteiger partial charge in [-0.05, 0) is 30.5 Å². The molecule has 0 radical (unpaired) electrons. The summed E-state index contributed by atoms with van der Waals surface area (Å²) in [6, 6.07) is 6.86. The Bertz CT molecular complexity index is 341. The van der Waals surface area contributed by atoms with Gasteiger partial charge in [-0.3, -0.25) is 0 Å². The molecule has 0 fully saturated rings. The summed E-state index contributed by atoms with van der Waals surface area (Å²) in [5.74, 6) is -0.884. The van der Waals surface area contributed by atoms with E-state index in [2.05, 4.69) is 22.0 Å². The van der Waals surface area contributed by atoms with Gasteiger partial charge in [-0.2, -0.15) is 0 Å².